The standard InChI is InChI=1S/C15H20Cl2N2O2.ClH/c1-11(10-19-7-5-18(2)6-8-19)21-15(20)13-4-3-12(16)9-14(13)17;/h3-4,9,11H,5-8,10H2,1-2H3;1H. The molecule has 0 aromatic heterocycles. The van der Waals surface area contributed by atoms with Crippen LogP contribution in [0.1, 0.15) is 17.3 Å². The lowest BCUT2D eigenvalue weighted by molar-refractivity contribution is -0.907. The highest BCUT2D eigenvalue weighted by atomic mass is 35.5. The Morgan fingerprint density at radius 1 is 1.36 bits per heavy atom. The van der Waals surface area contributed by atoms with Gasteiger partial charge in [-0.25, -0.2) is 4.79 Å². The molecule has 0 radical (unpaired) electrons. The molecule has 1 fully saturated rings. The quantitative estimate of drug-likeness (QED) is 0.649. The second kappa shape index (κ2) is 8.94. The SMILES string of the molecule is CC(C[NH+]1CCN(C)CC1)OC(=O)c1ccc(Cl)cc1Cl.[Cl-]. The van der Waals surface area contributed by atoms with Crippen LogP contribution < -0.4 is 17.3 Å². The molecule has 1 atom stereocenters. The van der Waals surface area contributed by atoms with Crippen LogP contribution in [0.4, 0.5) is 0 Å². The molecule has 1 aliphatic rings. The molecule has 124 valence electrons. The molecule has 0 amide bonds. The molecule has 1 aromatic carbocycles. The lowest BCUT2D eigenvalue weighted by Gasteiger charge is -2.31. The van der Waals surface area contributed by atoms with Crippen LogP contribution in [-0.2, 0) is 4.74 Å². The lowest BCUT2D eigenvalue weighted by Crippen LogP contribution is -3.15. The van der Waals surface area contributed by atoms with E-state index in [9.17, 15) is 4.79 Å². The van der Waals surface area contributed by atoms with Crippen molar-refractivity contribution in [1.82, 2.24) is 4.90 Å². The molecule has 1 heterocycles. The maximum atomic E-state index is 12.1. The zero-order chi connectivity index (χ0) is 15.4. The van der Waals surface area contributed by atoms with Gasteiger partial charge in [-0.05, 0) is 32.2 Å². The molecule has 0 bridgehead atoms. The topological polar surface area (TPSA) is 34.0 Å². The van der Waals surface area contributed by atoms with Gasteiger partial charge in [-0.1, -0.05) is 23.2 Å². The maximum Gasteiger partial charge on any atom is 0.340 e. The van der Waals surface area contributed by atoms with Crippen molar-refractivity contribution in [3.05, 3.63) is 33.8 Å². The minimum absolute atomic E-state index is 0. The summed E-state index contributed by atoms with van der Waals surface area (Å²) in [7, 11) is 2.13. The van der Waals surface area contributed by atoms with Crippen LogP contribution in [0.5, 0.6) is 0 Å². The van der Waals surface area contributed by atoms with Crippen LogP contribution in [0.3, 0.4) is 0 Å². The van der Waals surface area contributed by atoms with Crippen molar-refractivity contribution < 1.29 is 26.8 Å². The first-order valence-corrected chi connectivity index (χ1v) is 7.89. The van der Waals surface area contributed by atoms with Crippen LogP contribution in [0, 0.1) is 0 Å². The summed E-state index contributed by atoms with van der Waals surface area (Å²) < 4.78 is 5.49. The first-order chi connectivity index (χ1) is 9.95. The number of nitrogens with one attached hydrogen (secondary N) is 1. The molecule has 4 nitrogen and oxygen atoms in total. The number of quaternary nitrogens is 1. The third-order valence-electron chi connectivity index (χ3n) is 3.73. The number of hydrogen-bond donors (Lipinski definition) is 1. The smallest absolute Gasteiger partial charge is 0.340 e. The van der Waals surface area contributed by atoms with E-state index >= 15 is 0 Å². The molecule has 1 unspecified atom stereocenters. The second-order valence-corrected chi connectivity index (χ2v) is 6.44. The fraction of sp³-hybridized carbons (Fsp3) is 0.533. The van der Waals surface area contributed by atoms with Crippen molar-refractivity contribution >= 4 is 29.2 Å². The van der Waals surface area contributed by atoms with Gasteiger partial charge in [-0.15, -0.1) is 0 Å². The van der Waals surface area contributed by atoms with Gasteiger partial charge in [-0.3, -0.25) is 4.90 Å². The van der Waals surface area contributed by atoms with Crippen molar-refractivity contribution in [2.75, 3.05) is 39.8 Å². The number of carbonyl (C=O) groups is 1. The Bertz CT molecular complexity index is 506. The second-order valence-electron chi connectivity index (χ2n) is 5.60. The number of esters is 1. The first kappa shape index (κ1) is 19.5. The van der Waals surface area contributed by atoms with E-state index in [0.717, 1.165) is 32.7 Å². The molecule has 7 heteroatoms. The highest BCUT2D eigenvalue weighted by Crippen LogP contribution is 2.21. The number of likely N-dealkylation sites (N-methyl/N-ethyl adjacent to an activating group) is 1. The summed E-state index contributed by atoms with van der Waals surface area (Å²) in [6, 6.07) is 4.79. The van der Waals surface area contributed by atoms with E-state index in [1.807, 2.05) is 6.92 Å². The van der Waals surface area contributed by atoms with E-state index in [-0.39, 0.29) is 18.5 Å². The van der Waals surface area contributed by atoms with Gasteiger partial charge in [0.05, 0.1) is 23.7 Å². The molecule has 1 aliphatic heterocycles. The molecule has 1 aromatic rings. The fourth-order valence-electron chi connectivity index (χ4n) is 2.49. The van der Waals surface area contributed by atoms with Crippen LogP contribution in [0.15, 0.2) is 18.2 Å². The number of halogens is 3. The highest BCUT2D eigenvalue weighted by Gasteiger charge is 2.22. The summed E-state index contributed by atoms with van der Waals surface area (Å²) in [6.45, 7) is 7.08. The average molecular weight is 368 g/mol. The third-order valence-corrected chi connectivity index (χ3v) is 4.28. The Morgan fingerprint density at radius 3 is 2.59 bits per heavy atom. The number of piperazine rings is 1. The fourth-order valence-corrected chi connectivity index (χ4v) is 2.97. The van der Waals surface area contributed by atoms with Crippen LogP contribution in [0.25, 0.3) is 0 Å². The van der Waals surface area contributed by atoms with Crippen molar-refractivity contribution in [3.63, 3.8) is 0 Å². The highest BCUT2D eigenvalue weighted by molar-refractivity contribution is 6.36. The van der Waals surface area contributed by atoms with Gasteiger partial charge in [-0.2, -0.15) is 0 Å². The van der Waals surface area contributed by atoms with Gasteiger partial charge >= 0.3 is 5.97 Å². The Hall–Kier alpha value is -0.520. The summed E-state index contributed by atoms with van der Waals surface area (Å²) >= 11 is 11.8. The number of benzene rings is 1. The monoisotopic (exact) mass is 366 g/mol. The minimum atomic E-state index is -0.391. The van der Waals surface area contributed by atoms with Crippen molar-refractivity contribution in [2.24, 2.45) is 0 Å². The molecule has 1 N–H and O–H groups in total. The minimum Gasteiger partial charge on any atom is -1.00 e. The van der Waals surface area contributed by atoms with Crippen molar-refractivity contribution in [1.29, 1.82) is 0 Å². The van der Waals surface area contributed by atoms with Gasteiger partial charge in [0, 0.05) is 18.1 Å². The van der Waals surface area contributed by atoms with Gasteiger partial charge in [0.15, 0.2) is 0 Å². The predicted molar refractivity (Wildman–Crippen MR) is 84.4 cm³/mol. The molecule has 2 rings (SSSR count). The zero-order valence-electron chi connectivity index (χ0n) is 12.7. The molecule has 0 aliphatic carbocycles. The molecule has 1 saturated heterocycles. The maximum absolute atomic E-state index is 12.1. The largest absolute Gasteiger partial charge is 1.00 e. The van der Waals surface area contributed by atoms with Gasteiger partial charge in [0.25, 0.3) is 0 Å². The zero-order valence-corrected chi connectivity index (χ0v) is 15.0. The average Bonchev–Trinajstić information content (AvgIpc) is 2.41. The number of hydrogen-bond acceptors (Lipinski definition) is 3. The lowest BCUT2D eigenvalue weighted by atomic mass is 10.2. The molecule has 0 spiro atoms. The predicted octanol–water partition coefficient (Wildman–Crippen LogP) is -1.63. The van der Waals surface area contributed by atoms with E-state index in [1.54, 1.807) is 18.2 Å². The van der Waals surface area contributed by atoms with Gasteiger partial charge < -0.3 is 22.0 Å². The third kappa shape index (κ3) is 5.60. The number of ether oxygens (including phenoxy) is 1. The number of nitrogens with zero attached hydrogens (tertiary/aromatic N) is 1. The Kier molecular flexibility index (Phi) is 7.94. The molecule has 22 heavy (non-hydrogen) atoms. The summed E-state index contributed by atoms with van der Waals surface area (Å²) in [5.74, 6) is -0.391. The number of rotatable bonds is 4. The van der Waals surface area contributed by atoms with E-state index in [1.165, 1.54) is 4.90 Å². The Morgan fingerprint density at radius 2 is 2.00 bits per heavy atom. The summed E-state index contributed by atoms with van der Waals surface area (Å²) in [6.07, 6.45) is -0.136. The summed E-state index contributed by atoms with van der Waals surface area (Å²) in [4.78, 5) is 15.9. The van der Waals surface area contributed by atoms with Gasteiger partial charge in [0.2, 0.25) is 0 Å². The van der Waals surface area contributed by atoms with Crippen LogP contribution in [-0.4, -0.2) is 56.7 Å². The van der Waals surface area contributed by atoms with E-state index in [2.05, 4.69) is 11.9 Å². The van der Waals surface area contributed by atoms with Crippen molar-refractivity contribution in [2.45, 2.75) is 13.0 Å². The summed E-state index contributed by atoms with van der Waals surface area (Å²) in [5.41, 5.74) is 0.362. The molecular weight excluding hydrogens is 347 g/mol. The van der Waals surface area contributed by atoms with E-state index < -0.39 is 5.97 Å². The number of carbonyl (C=O) groups excluding carboxylic acids is 1. The van der Waals surface area contributed by atoms with Gasteiger partial charge in [0.1, 0.15) is 12.6 Å². The first-order valence-electron chi connectivity index (χ1n) is 7.14. The normalized spacial score (nSPS) is 17.6. The Balaban J connectivity index is 0.00000242. The van der Waals surface area contributed by atoms with E-state index in [4.69, 9.17) is 27.9 Å². The van der Waals surface area contributed by atoms with E-state index in [0.29, 0.717) is 15.6 Å². The molecule has 0 saturated carbocycles. The van der Waals surface area contributed by atoms with Crippen LogP contribution >= 0.6 is 23.2 Å². The Labute approximate surface area is 147 Å². The molecular formula is C15H21Cl3N2O2. The van der Waals surface area contributed by atoms with Crippen molar-refractivity contribution in [3.8, 4) is 0 Å². The van der Waals surface area contributed by atoms with Crippen LogP contribution in [0.2, 0.25) is 10.0 Å². The summed E-state index contributed by atoms with van der Waals surface area (Å²) in [5, 5.41) is 0.832.